The van der Waals surface area contributed by atoms with Gasteiger partial charge in [-0.05, 0) is 114 Å². The average Bonchev–Trinajstić information content (AvgIpc) is 2.85. The van der Waals surface area contributed by atoms with Gasteiger partial charge >= 0.3 is 0 Å². The Morgan fingerprint density at radius 3 is 2.67 bits per heavy atom. The lowest BCUT2D eigenvalue weighted by Gasteiger charge is -2.57. The Morgan fingerprint density at radius 1 is 1.14 bits per heavy atom. The number of allylic oxidation sites excluding steroid dienone is 4. The second-order valence-corrected chi connectivity index (χ2v) is 12.8. The first-order valence-corrected chi connectivity index (χ1v) is 14.3. The van der Waals surface area contributed by atoms with E-state index in [1.54, 1.807) is 11.8 Å². The molecule has 36 heavy (non-hydrogen) atoms. The van der Waals surface area contributed by atoms with E-state index in [0.29, 0.717) is 29.5 Å². The predicted molar refractivity (Wildman–Crippen MR) is 155 cm³/mol. The van der Waals surface area contributed by atoms with Crippen molar-refractivity contribution in [2.75, 3.05) is 10.6 Å². The third-order valence-corrected chi connectivity index (χ3v) is 9.82. The number of hydrogen-bond donors (Lipinski definition) is 2. The highest BCUT2D eigenvalue weighted by molar-refractivity contribution is 14.1. The zero-order chi connectivity index (χ0) is 25.5. The second-order valence-electron chi connectivity index (χ2n) is 11.6. The molecule has 5 nitrogen and oxygen atoms in total. The Kier molecular flexibility index (Phi) is 7.01. The highest BCUT2D eigenvalue weighted by Crippen LogP contribution is 2.62. The van der Waals surface area contributed by atoms with Crippen LogP contribution in [0.4, 0.5) is 17.5 Å². The van der Waals surface area contributed by atoms with Crippen LogP contribution in [0.1, 0.15) is 66.2 Å². The molecule has 1 aromatic heterocycles. The number of nitrogens with zero attached hydrogens (tertiary/aromatic N) is 2. The summed E-state index contributed by atoms with van der Waals surface area (Å²) in [5.41, 5.74) is 3.74. The molecule has 1 saturated carbocycles. The van der Waals surface area contributed by atoms with Crippen LogP contribution < -0.4 is 10.6 Å². The molecule has 1 heterocycles. The minimum absolute atomic E-state index is 0.0518. The molecule has 5 rings (SSSR count). The van der Waals surface area contributed by atoms with Crippen LogP contribution in [0.2, 0.25) is 0 Å². The highest BCUT2D eigenvalue weighted by atomic mass is 127. The van der Waals surface area contributed by atoms with Gasteiger partial charge in [0, 0.05) is 15.5 Å². The number of carbonyl (C=O) groups excluding carboxylic acids is 1. The van der Waals surface area contributed by atoms with Crippen LogP contribution >= 0.6 is 22.6 Å². The molecule has 0 aliphatic heterocycles. The number of amides is 1. The first-order chi connectivity index (χ1) is 17.2. The average molecular weight is 597 g/mol. The Bertz CT molecular complexity index is 1200. The van der Waals surface area contributed by atoms with Crippen molar-refractivity contribution < 1.29 is 4.79 Å². The van der Waals surface area contributed by atoms with E-state index < -0.39 is 5.41 Å². The van der Waals surface area contributed by atoms with Crippen molar-refractivity contribution in [3.63, 3.8) is 0 Å². The molecular weight excluding hydrogens is 559 g/mol. The van der Waals surface area contributed by atoms with Crippen LogP contribution in [-0.4, -0.2) is 15.9 Å². The van der Waals surface area contributed by atoms with Gasteiger partial charge in [-0.2, -0.15) is 4.98 Å². The molecule has 0 radical (unpaired) electrons. The van der Waals surface area contributed by atoms with Crippen molar-refractivity contribution in [2.45, 2.75) is 66.2 Å². The smallest absolute Gasteiger partial charge is 0.232 e. The van der Waals surface area contributed by atoms with Gasteiger partial charge in [0.1, 0.15) is 5.82 Å². The summed E-state index contributed by atoms with van der Waals surface area (Å²) < 4.78 is 1.18. The number of rotatable bonds is 5. The molecule has 1 amide bonds. The van der Waals surface area contributed by atoms with Gasteiger partial charge in [-0.3, -0.25) is 10.1 Å². The molecule has 1 aromatic carbocycles. The van der Waals surface area contributed by atoms with E-state index in [1.807, 2.05) is 30.3 Å². The van der Waals surface area contributed by atoms with Gasteiger partial charge in [0.05, 0.1) is 5.41 Å². The number of hydrogen-bond acceptors (Lipinski definition) is 4. The van der Waals surface area contributed by atoms with E-state index in [1.165, 1.54) is 28.4 Å². The molecular formula is C30H37IN4O. The van der Waals surface area contributed by atoms with Crippen molar-refractivity contribution in [1.82, 2.24) is 9.97 Å². The summed E-state index contributed by atoms with van der Waals surface area (Å²) in [4.78, 5) is 22.8. The number of carbonyl (C=O) groups is 1. The third-order valence-electron chi connectivity index (χ3n) is 9.10. The first-order valence-electron chi connectivity index (χ1n) is 13.3. The molecule has 0 bridgehead atoms. The van der Waals surface area contributed by atoms with E-state index in [-0.39, 0.29) is 11.3 Å². The Morgan fingerprint density at radius 2 is 1.92 bits per heavy atom. The quantitative estimate of drug-likeness (QED) is 0.345. The van der Waals surface area contributed by atoms with E-state index in [0.717, 1.165) is 24.9 Å². The normalized spacial score (nSPS) is 29.5. The number of nitrogens with one attached hydrogen (secondary N) is 2. The van der Waals surface area contributed by atoms with Crippen LogP contribution in [0.3, 0.4) is 0 Å². The minimum Gasteiger partial charge on any atom is -0.340 e. The van der Waals surface area contributed by atoms with E-state index in [9.17, 15) is 4.79 Å². The van der Waals surface area contributed by atoms with Crippen LogP contribution in [0.25, 0.3) is 0 Å². The number of halogens is 1. The molecule has 2 N–H and O–H groups in total. The van der Waals surface area contributed by atoms with Crippen molar-refractivity contribution in [3.05, 3.63) is 63.4 Å². The van der Waals surface area contributed by atoms with E-state index >= 15 is 0 Å². The van der Waals surface area contributed by atoms with Crippen LogP contribution in [-0.2, 0) is 4.79 Å². The SMILES string of the molecule is CC(C)C1=CC2=CC[C@@H]3[C@](C)(CCC[C@@]3(C)C(=O)Nc3nccc(Nc4ccc(I)cc4)n3)[C@H]2CC1. The summed E-state index contributed by atoms with van der Waals surface area (Å²) in [6.45, 7) is 9.23. The molecule has 4 atom stereocenters. The Labute approximate surface area is 228 Å². The summed E-state index contributed by atoms with van der Waals surface area (Å²) >= 11 is 2.29. The van der Waals surface area contributed by atoms with E-state index in [2.05, 4.69) is 83.0 Å². The van der Waals surface area contributed by atoms with Gasteiger partial charge in [-0.1, -0.05) is 51.8 Å². The molecule has 6 heteroatoms. The van der Waals surface area contributed by atoms with Gasteiger partial charge in [0.25, 0.3) is 0 Å². The standard InChI is InChI=1S/C30H37IN4O/c1-19(2)20-6-12-24-21(18-20)7-13-25-29(24,3)15-5-16-30(25,4)27(36)35-28-32-17-14-26(34-28)33-23-10-8-22(31)9-11-23/h7-11,14,17-19,24-25H,5-6,12-13,15-16H2,1-4H3,(H2,32,33,34,35,36)/t24-,25+,29+,30+/m0/s1. The lowest BCUT2D eigenvalue weighted by atomic mass is 9.46. The molecule has 2 aromatic rings. The van der Waals surface area contributed by atoms with Gasteiger partial charge < -0.3 is 5.32 Å². The summed E-state index contributed by atoms with van der Waals surface area (Å²) in [5.74, 6) is 2.55. The fraction of sp³-hybridized carbons (Fsp3) is 0.500. The fourth-order valence-corrected chi connectivity index (χ4v) is 7.39. The van der Waals surface area contributed by atoms with E-state index in [4.69, 9.17) is 0 Å². The lowest BCUT2D eigenvalue weighted by molar-refractivity contribution is -0.138. The summed E-state index contributed by atoms with van der Waals surface area (Å²) in [6.07, 6.45) is 13.1. The number of benzene rings is 1. The van der Waals surface area contributed by atoms with Gasteiger partial charge in [0.2, 0.25) is 11.9 Å². The molecule has 1 fully saturated rings. The Balaban J connectivity index is 1.36. The highest BCUT2D eigenvalue weighted by Gasteiger charge is 2.57. The number of aromatic nitrogens is 2. The maximum absolute atomic E-state index is 13.8. The van der Waals surface area contributed by atoms with Crippen LogP contribution in [0, 0.1) is 32.2 Å². The van der Waals surface area contributed by atoms with Crippen molar-refractivity contribution in [2.24, 2.45) is 28.6 Å². The molecule has 0 unspecified atom stereocenters. The molecule has 0 saturated heterocycles. The largest absolute Gasteiger partial charge is 0.340 e. The van der Waals surface area contributed by atoms with Crippen molar-refractivity contribution in [1.29, 1.82) is 0 Å². The minimum atomic E-state index is -0.444. The molecule has 3 aliphatic rings. The molecule has 190 valence electrons. The van der Waals surface area contributed by atoms with Gasteiger partial charge in [0.15, 0.2) is 0 Å². The van der Waals surface area contributed by atoms with Crippen molar-refractivity contribution >= 4 is 46.0 Å². The predicted octanol–water partition coefficient (Wildman–Crippen LogP) is 7.90. The fourth-order valence-electron chi connectivity index (χ4n) is 7.03. The first kappa shape index (κ1) is 25.4. The number of fused-ring (bicyclic) bond motifs is 3. The number of anilines is 3. The van der Waals surface area contributed by atoms with Gasteiger partial charge in [-0.25, -0.2) is 4.98 Å². The Hall–Kier alpha value is -2.22. The zero-order valence-corrected chi connectivity index (χ0v) is 23.9. The van der Waals surface area contributed by atoms with Crippen molar-refractivity contribution in [3.8, 4) is 0 Å². The lowest BCUT2D eigenvalue weighted by Crippen LogP contribution is -2.54. The molecule has 3 aliphatic carbocycles. The zero-order valence-electron chi connectivity index (χ0n) is 21.8. The summed E-state index contributed by atoms with van der Waals surface area (Å²) in [6, 6.07) is 9.94. The third kappa shape index (κ3) is 4.73. The van der Waals surface area contributed by atoms with Crippen LogP contribution in [0.5, 0.6) is 0 Å². The monoisotopic (exact) mass is 596 g/mol. The van der Waals surface area contributed by atoms with Gasteiger partial charge in [-0.15, -0.1) is 0 Å². The maximum atomic E-state index is 13.8. The topological polar surface area (TPSA) is 66.9 Å². The van der Waals surface area contributed by atoms with Crippen LogP contribution in [0.15, 0.2) is 59.8 Å². The molecule has 0 spiro atoms. The summed E-state index contributed by atoms with van der Waals surface area (Å²) in [5, 5.41) is 6.41. The maximum Gasteiger partial charge on any atom is 0.232 e. The second kappa shape index (κ2) is 9.92. The summed E-state index contributed by atoms with van der Waals surface area (Å²) in [7, 11) is 0.